The third kappa shape index (κ3) is 5.17. The van der Waals surface area contributed by atoms with Crippen LogP contribution in [0.3, 0.4) is 0 Å². The lowest BCUT2D eigenvalue weighted by Gasteiger charge is -2.10. The predicted octanol–water partition coefficient (Wildman–Crippen LogP) is 1.59. The van der Waals surface area contributed by atoms with Crippen molar-refractivity contribution in [1.29, 1.82) is 0 Å². The molecule has 0 aliphatic carbocycles. The van der Waals surface area contributed by atoms with Crippen molar-refractivity contribution in [1.82, 2.24) is 0 Å². The van der Waals surface area contributed by atoms with E-state index in [2.05, 4.69) is 13.8 Å². The van der Waals surface area contributed by atoms with Gasteiger partial charge in [-0.15, -0.1) is 0 Å². The monoisotopic (exact) mass is 222 g/mol. The summed E-state index contributed by atoms with van der Waals surface area (Å²) in [5, 5.41) is 0. The predicted molar refractivity (Wildman–Crippen MR) is 52.3 cm³/mol. The second-order valence-corrected chi connectivity index (χ2v) is 4.63. The van der Waals surface area contributed by atoms with E-state index in [1.807, 2.05) is 0 Å². The summed E-state index contributed by atoms with van der Waals surface area (Å²) in [5.74, 6) is -0.466. The number of carbonyl (C=O) groups is 1. The molecule has 0 amide bonds. The van der Waals surface area contributed by atoms with Crippen molar-refractivity contribution in [2.75, 3.05) is 27.0 Å². The molecule has 5 nitrogen and oxygen atoms in total. The van der Waals surface area contributed by atoms with Gasteiger partial charge in [0.05, 0.1) is 12.8 Å². The third-order valence-electron chi connectivity index (χ3n) is 1.43. The summed E-state index contributed by atoms with van der Waals surface area (Å²) in [4.78, 5) is 10.8. The van der Waals surface area contributed by atoms with Gasteiger partial charge in [0, 0.05) is 20.3 Å². The molecule has 0 heterocycles. The average molecular weight is 222 g/mol. The quantitative estimate of drug-likeness (QED) is 0.388. The Bertz CT molecular complexity index is 240. The molecule has 0 aromatic heterocycles. The summed E-state index contributed by atoms with van der Waals surface area (Å²) in [6, 6.07) is 0. The highest BCUT2D eigenvalue weighted by Gasteiger charge is 2.18. The first-order valence-corrected chi connectivity index (χ1v) is 5.84. The molecule has 0 aliphatic rings. The van der Waals surface area contributed by atoms with Gasteiger partial charge in [-0.25, -0.2) is 4.79 Å². The molecular formula is C8H15O5P. The Labute approximate surface area is 83.6 Å². The zero-order chi connectivity index (χ0) is 11.0. The summed E-state index contributed by atoms with van der Waals surface area (Å²) in [7, 11) is -0.463. The molecule has 0 radical (unpaired) electrons. The van der Waals surface area contributed by atoms with Gasteiger partial charge in [-0.2, -0.15) is 0 Å². The first-order valence-electron chi connectivity index (χ1n) is 4.11. The van der Waals surface area contributed by atoms with Crippen molar-refractivity contribution in [3.63, 3.8) is 0 Å². The maximum Gasteiger partial charge on any atom is 0.333 e. The molecule has 0 saturated heterocycles. The van der Waals surface area contributed by atoms with Crippen LogP contribution in [0.4, 0.5) is 0 Å². The molecule has 0 saturated carbocycles. The topological polar surface area (TPSA) is 61.8 Å². The molecule has 0 N–H and O–H groups in total. The van der Waals surface area contributed by atoms with Crippen LogP contribution in [0.1, 0.15) is 6.92 Å². The second kappa shape index (κ2) is 6.76. The molecule has 6 heteroatoms. The van der Waals surface area contributed by atoms with Crippen molar-refractivity contribution in [2.45, 2.75) is 6.92 Å². The lowest BCUT2D eigenvalue weighted by molar-refractivity contribution is -0.137. The molecule has 0 bridgehead atoms. The molecule has 0 aliphatic heterocycles. The minimum atomic E-state index is -3.05. The van der Waals surface area contributed by atoms with E-state index in [0.717, 1.165) is 0 Å². The van der Waals surface area contributed by atoms with Crippen LogP contribution in [0.25, 0.3) is 0 Å². The highest BCUT2D eigenvalue weighted by Crippen LogP contribution is 2.45. The van der Waals surface area contributed by atoms with Gasteiger partial charge in [0.1, 0.15) is 0 Å². The van der Waals surface area contributed by atoms with Gasteiger partial charge in [0.2, 0.25) is 0 Å². The van der Waals surface area contributed by atoms with E-state index >= 15 is 0 Å². The van der Waals surface area contributed by atoms with Crippen LogP contribution in [0.5, 0.6) is 0 Å². The average Bonchev–Trinajstić information content (AvgIpc) is 2.18. The highest BCUT2D eigenvalue weighted by atomic mass is 31.2. The number of ether oxygens (including phenoxy) is 1. The first-order chi connectivity index (χ1) is 6.58. The number of esters is 1. The third-order valence-corrected chi connectivity index (χ3v) is 3.20. The minimum Gasteiger partial charge on any atom is -0.463 e. The molecule has 0 fully saturated rings. The van der Waals surface area contributed by atoms with E-state index in [-0.39, 0.29) is 6.16 Å². The standard InChI is InChI=1S/C8H15O5P/c1-4-13-8(9)6-5-7-14(10,11-2)12-3/h5-6H,4,7H2,1-3H3. The summed E-state index contributed by atoms with van der Waals surface area (Å²) in [6.45, 7) is 2.02. The van der Waals surface area contributed by atoms with E-state index < -0.39 is 13.6 Å². The Hall–Kier alpha value is -0.640. The fraction of sp³-hybridized carbons (Fsp3) is 0.625. The van der Waals surface area contributed by atoms with E-state index in [1.54, 1.807) is 6.92 Å². The van der Waals surface area contributed by atoms with Crippen LogP contribution in [0.15, 0.2) is 12.2 Å². The van der Waals surface area contributed by atoms with Crippen LogP contribution in [0.2, 0.25) is 0 Å². The van der Waals surface area contributed by atoms with Crippen LogP contribution < -0.4 is 0 Å². The molecule has 0 aromatic rings. The Morgan fingerprint density at radius 2 is 1.93 bits per heavy atom. The summed E-state index contributed by atoms with van der Waals surface area (Å²) >= 11 is 0. The zero-order valence-electron chi connectivity index (χ0n) is 8.56. The van der Waals surface area contributed by atoms with Gasteiger partial charge < -0.3 is 13.8 Å². The van der Waals surface area contributed by atoms with Gasteiger partial charge in [-0.3, -0.25) is 4.57 Å². The molecule has 0 atom stereocenters. The minimum absolute atomic E-state index is 0.0544. The molecular weight excluding hydrogens is 207 g/mol. The van der Waals surface area contributed by atoms with Crippen LogP contribution in [-0.4, -0.2) is 33.0 Å². The highest BCUT2D eigenvalue weighted by molar-refractivity contribution is 7.54. The summed E-state index contributed by atoms with van der Waals surface area (Å²) < 4.78 is 25.4. The van der Waals surface area contributed by atoms with Crippen molar-refractivity contribution >= 4 is 13.6 Å². The Kier molecular flexibility index (Phi) is 6.45. The van der Waals surface area contributed by atoms with Gasteiger partial charge in [0.25, 0.3) is 0 Å². The number of carbonyl (C=O) groups excluding carboxylic acids is 1. The molecule has 14 heavy (non-hydrogen) atoms. The lowest BCUT2D eigenvalue weighted by atomic mass is 10.5. The summed E-state index contributed by atoms with van der Waals surface area (Å²) in [5.41, 5.74) is 0. The van der Waals surface area contributed by atoms with Crippen molar-refractivity contribution < 1.29 is 23.1 Å². The Morgan fingerprint density at radius 1 is 1.36 bits per heavy atom. The molecule has 82 valence electrons. The SMILES string of the molecule is CCOC(=O)C=CCP(=O)(OC)OC. The first kappa shape index (κ1) is 13.4. The fourth-order valence-electron chi connectivity index (χ4n) is 0.692. The maximum absolute atomic E-state index is 11.4. The smallest absolute Gasteiger partial charge is 0.333 e. The molecule has 0 unspecified atom stereocenters. The van der Waals surface area contributed by atoms with Crippen LogP contribution >= 0.6 is 7.60 Å². The lowest BCUT2D eigenvalue weighted by Crippen LogP contribution is -2.00. The van der Waals surface area contributed by atoms with E-state index in [4.69, 9.17) is 0 Å². The van der Waals surface area contributed by atoms with Gasteiger partial charge in [-0.1, -0.05) is 6.08 Å². The zero-order valence-corrected chi connectivity index (χ0v) is 9.45. The second-order valence-electron chi connectivity index (χ2n) is 2.31. The Morgan fingerprint density at radius 3 is 2.36 bits per heavy atom. The Balaban J connectivity index is 4.03. The summed E-state index contributed by atoms with van der Waals surface area (Å²) in [6.07, 6.45) is 2.67. The molecule has 0 aromatic carbocycles. The van der Waals surface area contributed by atoms with Crippen LogP contribution in [0, 0.1) is 0 Å². The van der Waals surface area contributed by atoms with Crippen molar-refractivity contribution in [3.8, 4) is 0 Å². The maximum atomic E-state index is 11.4. The molecule has 0 rings (SSSR count). The van der Waals surface area contributed by atoms with Crippen molar-refractivity contribution in [3.05, 3.63) is 12.2 Å². The van der Waals surface area contributed by atoms with Gasteiger partial charge in [-0.05, 0) is 6.92 Å². The van der Waals surface area contributed by atoms with E-state index in [1.165, 1.54) is 26.4 Å². The number of rotatable bonds is 6. The number of hydrogen-bond donors (Lipinski definition) is 0. The van der Waals surface area contributed by atoms with E-state index in [0.29, 0.717) is 6.61 Å². The van der Waals surface area contributed by atoms with Gasteiger partial charge in [0.15, 0.2) is 0 Å². The van der Waals surface area contributed by atoms with E-state index in [9.17, 15) is 9.36 Å². The largest absolute Gasteiger partial charge is 0.463 e. The van der Waals surface area contributed by atoms with Crippen molar-refractivity contribution in [2.24, 2.45) is 0 Å². The number of allylic oxidation sites excluding steroid dienone is 1. The molecule has 0 spiro atoms. The fourth-order valence-corrected chi connectivity index (χ4v) is 1.50. The number of hydrogen-bond acceptors (Lipinski definition) is 5. The normalized spacial score (nSPS) is 11.9. The van der Waals surface area contributed by atoms with Crippen LogP contribution in [-0.2, 0) is 23.1 Å². The van der Waals surface area contributed by atoms with Gasteiger partial charge >= 0.3 is 13.6 Å².